The molecule has 0 heterocycles. The summed E-state index contributed by atoms with van der Waals surface area (Å²) in [5.41, 5.74) is 0.578. The van der Waals surface area contributed by atoms with Gasteiger partial charge in [0.15, 0.2) is 5.78 Å². The number of ether oxygens (including phenoxy) is 2. The third-order valence-corrected chi connectivity index (χ3v) is 2.88. The summed E-state index contributed by atoms with van der Waals surface area (Å²) in [6.45, 7) is 4.26. The van der Waals surface area contributed by atoms with Crippen LogP contribution < -0.4 is 4.74 Å². The highest BCUT2D eigenvalue weighted by molar-refractivity contribution is 6.00. The molecule has 5 heteroatoms. The van der Waals surface area contributed by atoms with E-state index < -0.39 is 0 Å². The van der Waals surface area contributed by atoms with Crippen molar-refractivity contribution >= 4 is 5.78 Å². The molecule has 0 saturated carbocycles. The summed E-state index contributed by atoms with van der Waals surface area (Å²) in [7, 11) is 1.61. The number of benzene rings is 1. The molecule has 1 N–H and O–H groups in total. The van der Waals surface area contributed by atoms with Crippen molar-refractivity contribution in [2.75, 3.05) is 46.6 Å². The maximum Gasteiger partial charge on any atom is 0.180 e. The van der Waals surface area contributed by atoms with E-state index in [1.54, 1.807) is 19.2 Å². The molecule has 20 heavy (non-hydrogen) atoms. The van der Waals surface area contributed by atoms with Crippen LogP contribution in [-0.4, -0.2) is 62.4 Å². The molecule has 0 aliphatic rings. The van der Waals surface area contributed by atoms with E-state index in [1.807, 2.05) is 24.0 Å². The fourth-order valence-corrected chi connectivity index (χ4v) is 1.90. The number of aliphatic hydroxyl groups excluding tert-OH is 1. The third-order valence-electron chi connectivity index (χ3n) is 2.88. The molecule has 1 rings (SSSR count). The molecule has 0 atom stereocenters. The van der Waals surface area contributed by atoms with Crippen molar-refractivity contribution in [3.8, 4) is 5.75 Å². The summed E-state index contributed by atoms with van der Waals surface area (Å²) in [6, 6.07) is 7.22. The lowest BCUT2D eigenvalue weighted by Crippen LogP contribution is -2.35. The minimum absolute atomic E-state index is 0.0152. The summed E-state index contributed by atoms with van der Waals surface area (Å²) in [4.78, 5) is 14.2. The van der Waals surface area contributed by atoms with Gasteiger partial charge in [-0.3, -0.25) is 9.69 Å². The van der Waals surface area contributed by atoms with Gasteiger partial charge in [0.05, 0.1) is 31.9 Å². The number of hydrogen-bond acceptors (Lipinski definition) is 5. The van der Waals surface area contributed by atoms with Gasteiger partial charge in [0.1, 0.15) is 5.75 Å². The summed E-state index contributed by atoms with van der Waals surface area (Å²) in [6.07, 6.45) is 0. The Hall–Kier alpha value is -1.43. The number of hydrogen-bond donors (Lipinski definition) is 1. The molecule has 0 bridgehead atoms. The van der Waals surface area contributed by atoms with Crippen LogP contribution in [0.15, 0.2) is 24.3 Å². The van der Waals surface area contributed by atoms with Gasteiger partial charge in [0.25, 0.3) is 0 Å². The minimum atomic E-state index is -0.0152. The van der Waals surface area contributed by atoms with E-state index in [9.17, 15) is 4.79 Å². The number of aliphatic hydroxyl groups is 1. The summed E-state index contributed by atoms with van der Waals surface area (Å²) < 4.78 is 10.5. The van der Waals surface area contributed by atoms with Crippen molar-refractivity contribution in [2.45, 2.75) is 6.92 Å². The van der Waals surface area contributed by atoms with Gasteiger partial charge >= 0.3 is 0 Å². The first-order chi connectivity index (χ1) is 9.72. The van der Waals surface area contributed by atoms with E-state index in [4.69, 9.17) is 14.6 Å². The van der Waals surface area contributed by atoms with E-state index in [2.05, 4.69) is 0 Å². The molecule has 1 aromatic carbocycles. The Morgan fingerprint density at radius 3 is 2.70 bits per heavy atom. The molecule has 112 valence electrons. The normalized spacial score (nSPS) is 10.8. The van der Waals surface area contributed by atoms with Crippen LogP contribution in [0.2, 0.25) is 0 Å². The standard InChI is InChI=1S/C15H23NO4/c1-3-20-15-7-5-4-6-13(15)14(18)12-16(8-10-17)9-11-19-2/h4-7,17H,3,8-12H2,1-2H3. The molecule has 0 saturated heterocycles. The Labute approximate surface area is 120 Å². The zero-order valence-electron chi connectivity index (χ0n) is 12.2. The van der Waals surface area contributed by atoms with Crippen LogP contribution in [0.1, 0.15) is 17.3 Å². The van der Waals surface area contributed by atoms with Crippen molar-refractivity contribution in [3.05, 3.63) is 29.8 Å². The molecular formula is C15H23NO4. The second-order valence-electron chi connectivity index (χ2n) is 4.34. The quantitative estimate of drug-likeness (QED) is 0.653. The highest BCUT2D eigenvalue weighted by Gasteiger charge is 2.15. The summed E-state index contributed by atoms with van der Waals surface area (Å²) in [5.74, 6) is 0.592. The average Bonchev–Trinajstić information content (AvgIpc) is 2.46. The number of methoxy groups -OCH3 is 1. The van der Waals surface area contributed by atoms with Gasteiger partial charge in [-0.15, -0.1) is 0 Å². The van der Waals surface area contributed by atoms with Crippen molar-refractivity contribution in [1.29, 1.82) is 0 Å². The Kier molecular flexibility index (Phi) is 7.87. The molecule has 0 unspecified atom stereocenters. The smallest absolute Gasteiger partial charge is 0.180 e. The van der Waals surface area contributed by atoms with E-state index in [1.165, 1.54) is 0 Å². The van der Waals surface area contributed by atoms with Crippen molar-refractivity contribution in [3.63, 3.8) is 0 Å². The summed E-state index contributed by atoms with van der Waals surface area (Å²) in [5, 5.41) is 9.04. The molecular weight excluding hydrogens is 258 g/mol. The number of carbonyl (C=O) groups excluding carboxylic acids is 1. The number of ketones is 1. The fraction of sp³-hybridized carbons (Fsp3) is 0.533. The van der Waals surface area contributed by atoms with E-state index in [-0.39, 0.29) is 18.9 Å². The van der Waals surface area contributed by atoms with Crippen LogP contribution in [-0.2, 0) is 4.74 Å². The second kappa shape index (κ2) is 9.47. The van der Waals surface area contributed by atoms with E-state index in [0.29, 0.717) is 37.6 Å². The van der Waals surface area contributed by atoms with Crippen LogP contribution >= 0.6 is 0 Å². The molecule has 0 spiro atoms. The maximum absolute atomic E-state index is 12.3. The number of Topliss-reactive ketones (excluding diaryl/α,β-unsaturated/α-hetero) is 1. The lowest BCUT2D eigenvalue weighted by molar-refractivity contribution is 0.0865. The van der Waals surface area contributed by atoms with E-state index in [0.717, 1.165) is 0 Å². The lowest BCUT2D eigenvalue weighted by Gasteiger charge is -2.20. The molecule has 0 amide bonds. The molecule has 1 aromatic rings. The maximum atomic E-state index is 12.3. The summed E-state index contributed by atoms with van der Waals surface area (Å²) >= 11 is 0. The first kappa shape index (κ1) is 16.6. The van der Waals surface area contributed by atoms with Gasteiger partial charge in [-0.25, -0.2) is 0 Å². The predicted octanol–water partition coefficient (Wildman–Crippen LogP) is 1.21. The highest BCUT2D eigenvalue weighted by atomic mass is 16.5. The zero-order chi connectivity index (χ0) is 14.8. The number of rotatable bonds is 10. The predicted molar refractivity (Wildman–Crippen MR) is 77.3 cm³/mol. The van der Waals surface area contributed by atoms with Crippen molar-refractivity contribution < 1.29 is 19.4 Å². The van der Waals surface area contributed by atoms with Gasteiger partial charge in [0, 0.05) is 20.2 Å². The van der Waals surface area contributed by atoms with Crippen LogP contribution in [0.5, 0.6) is 5.75 Å². The number of carbonyl (C=O) groups is 1. The minimum Gasteiger partial charge on any atom is -0.493 e. The van der Waals surface area contributed by atoms with Crippen molar-refractivity contribution in [2.24, 2.45) is 0 Å². The molecule has 0 radical (unpaired) electrons. The van der Waals surface area contributed by atoms with Crippen LogP contribution in [0.4, 0.5) is 0 Å². The Morgan fingerprint density at radius 1 is 1.30 bits per heavy atom. The molecule has 0 aliphatic heterocycles. The van der Waals surface area contributed by atoms with Gasteiger partial charge in [0.2, 0.25) is 0 Å². The first-order valence-corrected chi connectivity index (χ1v) is 6.80. The van der Waals surface area contributed by atoms with Gasteiger partial charge in [-0.1, -0.05) is 12.1 Å². The van der Waals surface area contributed by atoms with Gasteiger partial charge in [-0.05, 0) is 19.1 Å². The van der Waals surface area contributed by atoms with Crippen LogP contribution in [0.3, 0.4) is 0 Å². The Bertz CT molecular complexity index is 409. The zero-order valence-corrected chi connectivity index (χ0v) is 12.2. The van der Waals surface area contributed by atoms with Gasteiger partial charge < -0.3 is 14.6 Å². The molecule has 0 aromatic heterocycles. The van der Waals surface area contributed by atoms with Crippen LogP contribution in [0, 0.1) is 0 Å². The Balaban J connectivity index is 2.72. The molecule has 0 aliphatic carbocycles. The fourth-order valence-electron chi connectivity index (χ4n) is 1.90. The molecule has 5 nitrogen and oxygen atoms in total. The van der Waals surface area contributed by atoms with E-state index >= 15 is 0 Å². The number of para-hydroxylation sites is 1. The van der Waals surface area contributed by atoms with Crippen LogP contribution in [0.25, 0.3) is 0 Å². The average molecular weight is 281 g/mol. The number of nitrogens with zero attached hydrogens (tertiary/aromatic N) is 1. The van der Waals surface area contributed by atoms with Crippen molar-refractivity contribution in [1.82, 2.24) is 4.90 Å². The third kappa shape index (κ3) is 5.28. The lowest BCUT2D eigenvalue weighted by atomic mass is 10.1. The molecule has 0 fully saturated rings. The topological polar surface area (TPSA) is 59.0 Å². The Morgan fingerprint density at radius 2 is 2.05 bits per heavy atom. The monoisotopic (exact) mass is 281 g/mol. The van der Waals surface area contributed by atoms with Gasteiger partial charge in [-0.2, -0.15) is 0 Å². The largest absolute Gasteiger partial charge is 0.493 e. The second-order valence-corrected chi connectivity index (χ2v) is 4.34. The first-order valence-electron chi connectivity index (χ1n) is 6.80. The SMILES string of the molecule is CCOc1ccccc1C(=O)CN(CCO)CCOC. The highest BCUT2D eigenvalue weighted by Crippen LogP contribution is 2.18.